The molecular formula is C5H10N2O. The third kappa shape index (κ3) is 3.36. The summed E-state index contributed by atoms with van der Waals surface area (Å²) in [6, 6.07) is 0. The van der Waals surface area contributed by atoms with Gasteiger partial charge in [0.05, 0.1) is 6.61 Å². The summed E-state index contributed by atoms with van der Waals surface area (Å²) in [6.07, 6.45) is 1.38. The van der Waals surface area contributed by atoms with Crippen LogP contribution in [0.5, 0.6) is 0 Å². The maximum absolute atomic E-state index is 8.22. The van der Waals surface area contributed by atoms with Gasteiger partial charge in [-0.15, -0.1) is 0 Å². The van der Waals surface area contributed by atoms with Crippen LogP contribution in [0.15, 0.2) is 12.7 Å². The first-order valence-electron chi connectivity index (χ1n) is 2.37. The topological polar surface area (TPSA) is 56.1 Å². The number of amidine groups is 1. The van der Waals surface area contributed by atoms with Crippen molar-refractivity contribution in [1.82, 2.24) is 5.32 Å². The molecule has 0 rings (SSSR count). The van der Waals surface area contributed by atoms with E-state index < -0.39 is 0 Å². The Morgan fingerprint density at radius 2 is 2.50 bits per heavy atom. The molecule has 0 fully saturated rings. The van der Waals surface area contributed by atoms with Crippen LogP contribution < -0.4 is 5.32 Å². The zero-order valence-electron chi connectivity index (χ0n) is 4.65. The highest BCUT2D eigenvalue weighted by atomic mass is 16.3. The van der Waals surface area contributed by atoms with Crippen LogP contribution >= 0.6 is 0 Å². The summed E-state index contributed by atoms with van der Waals surface area (Å²) in [4.78, 5) is 0. The molecule has 0 saturated carbocycles. The van der Waals surface area contributed by atoms with Gasteiger partial charge < -0.3 is 10.4 Å². The van der Waals surface area contributed by atoms with Crippen molar-refractivity contribution in [2.45, 2.75) is 0 Å². The van der Waals surface area contributed by atoms with E-state index in [4.69, 9.17) is 10.5 Å². The molecule has 3 N–H and O–H groups in total. The Balaban J connectivity index is 3.11. The molecule has 0 unspecified atom stereocenters. The molecule has 8 heavy (non-hydrogen) atoms. The second kappa shape index (κ2) is 4.33. The fraction of sp³-hybridized carbons (Fsp3) is 0.400. The minimum absolute atomic E-state index is 0.0518. The van der Waals surface area contributed by atoms with Crippen molar-refractivity contribution in [2.24, 2.45) is 0 Å². The summed E-state index contributed by atoms with van der Waals surface area (Å²) >= 11 is 0. The maximum atomic E-state index is 8.22. The Labute approximate surface area is 48.5 Å². The van der Waals surface area contributed by atoms with Gasteiger partial charge in [0.1, 0.15) is 5.84 Å². The van der Waals surface area contributed by atoms with Crippen LogP contribution in [0.2, 0.25) is 0 Å². The fourth-order valence-electron chi connectivity index (χ4n) is 0.263. The van der Waals surface area contributed by atoms with Gasteiger partial charge in [0.15, 0.2) is 0 Å². The number of hydrogen-bond donors (Lipinski definition) is 3. The average Bonchev–Trinajstić information content (AvgIpc) is 1.83. The molecule has 0 aromatic rings. The van der Waals surface area contributed by atoms with Crippen molar-refractivity contribution in [2.75, 3.05) is 13.2 Å². The summed E-state index contributed by atoms with van der Waals surface area (Å²) in [7, 11) is 0. The van der Waals surface area contributed by atoms with Gasteiger partial charge in [-0.3, -0.25) is 5.41 Å². The van der Waals surface area contributed by atoms with Crippen LogP contribution in [0.4, 0.5) is 0 Å². The molecule has 0 heterocycles. The molecule has 0 bridgehead atoms. The highest BCUT2D eigenvalue weighted by Gasteiger charge is 1.82. The van der Waals surface area contributed by atoms with E-state index in [0.29, 0.717) is 6.54 Å². The molecule has 0 aliphatic rings. The van der Waals surface area contributed by atoms with E-state index in [1.807, 2.05) is 0 Å². The zero-order chi connectivity index (χ0) is 6.41. The molecule has 0 radical (unpaired) electrons. The molecule has 0 aromatic carbocycles. The largest absolute Gasteiger partial charge is 0.395 e. The second-order valence-electron chi connectivity index (χ2n) is 1.27. The van der Waals surface area contributed by atoms with E-state index in [1.165, 1.54) is 6.08 Å². The first-order chi connectivity index (χ1) is 3.81. The molecule has 3 nitrogen and oxygen atoms in total. The third-order valence-corrected chi connectivity index (χ3v) is 0.631. The van der Waals surface area contributed by atoms with Crippen LogP contribution in [0.1, 0.15) is 0 Å². The summed E-state index contributed by atoms with van der Waals surface area (Å²) < 4.78 is 0. The van der Waals surface area contributed by atoms with Crippen molar-refractivity contribution in [1.29, 1.82) is 5.41 Å². The Morgan fingerprint density at radius 1 is 1.88 bits per heavy atom. The first-order valence-corrected chi connectivity index (χ1v) is 2.37. The van der Waals surface area contributed by atoms with Gasteiger partial charge in [0, 0.05) is 6.54 Å². The average molecular weight is 114 g/mol. The fourth-order valence-corrected chi connectivity index (χ4v) is 0.263. The Morgan fingerprint density at radius 3 is 2.88 bits per heavy atom. The molecule has 0 spiro atoms. The molecule has 0 aliphatic carbocycles. The summed E-state index contributed by atoms with van der Waals surface area (Å²) in [5.41, 5.74) is 0. The van der Waals surface area contributed by atoms with Crippen molar-refractivity contribution >= 4 is 5.84 Å². The molecule has 0 amide bonds. The molecule has 46 valence electrons. The van der Waals surface area contributed by atoms with Crippen LogP contribution in [-0.4, -0.2) is 24.1 Å². The van der Waals surface area contributed by atoms with E-state index in [9.17, 15) is 0 Å². The Bertz CT molecular complexity index is 90.4. The predicted molar refractivity (Wildman–Crippen MR) is 33.0 cm³/mol. The monoisotopic (exact) mass is 114 g/mol. The van der Waals surface area contributed by atoms with Crippen molar-refractivity contribution in [3.63, 3.8) is 0 Å². The molecule has 0 aromatic heterocycles. The number of aliphatic hydroxyl groups excluding tert-OH is 1. The summed E-state index contributed by atoms with van der Waals surface area (Å²) in [5.74, 6) is 0.249. The highest BCUT2D eigenvalue weighted by Crippen LogP contribution is 1.64. The standard InChI is InChI=1S/C5H10N2O/c1-2-5(6)7-3-4-8/h2,8H,1,3-4H2,(H2,6,7). The van der Waals surface area contributed by atoms with E-state index >= 15 is 0 Å². The van der Waals surface area contributed by atoms with Crippen LogP contribution in [0.3, 0.4) is 0 Å². The number of aliphatic hydroxyl groups is 1. The van der Waals surface area contributed by atoms with Crippen LogP contribution in [-0.2, 0) is 0 Å². The van der Waals surface area contributed by atoms with E-state index in [1.54, 1.807) is 0 Å². The van der Waals surface area contributed by atoms with Gasteiger partial charge in [-0.05, 0) is 6.08 Å². The predicted octanol–water partition coefficient (Wildman–Crippen LogP) is -0.268. The lowest BCUT2D eigenvalue weighted by molar-refractivity contribution is 0.300. The zero-order valence-corrected chi connectivity index (χ0v) is 4.65. The SMILES string of the molecule is C=CC(=N)NCCO. The summed E-state index contributed by atoms with van der Waals surface area (Å²) in [5, 5.41) is 17.7. The molecular weight excluding hydrogens is 104 g/mol. The van der Waals surface area contributed by atoms with Crippen molar-refractivity contribution in [3.05, 3.63) is 12.7 Å². The van der Waals surface area contributed by atoms with E-state index in [-0.39, 0.29) is 12.4 Å². The number of rotatable bonds is 3. The van der Waals surface area contributed by atoms with Gasteiger partial charge in [0.25, 0.3) is 0 Å². The van der Waals surface area contributed by atoms with E-state index in [0.717, 1.165) is 0 Å². The quantitative estimate of drug-likeness (QED) is 0.349. The molecule has 0 aliphatic heterocycles. The van der Waals surface area contributed by atoms with Gasteiger partial charge in [0.2, 0.25) is 0 Å². The molecule has 0 atom stereocenters. The summed E-state index contributed by atoms with van der Waals surface area (Å²) in [6.45, 7) is 3.82. The first kappa shape index (κ1) is 7.17. The minimum atomic E-state index is 0.0518. The normalized spacial score (nSPS) is 8.12. The van der Waals surface area contributed by atoms with Gasteiger partial charge in [-0.1, -0.05) is 6.58 Å². The van der Waals surface area contributed by atoms with Crippen molar-refractivity contribution < 1.29 is 5.11 Å². The molecule has 0 saturated heterocycles. The van der Waals surface area contributed by atoms with Crippen LogP contribution in [0, 0.1) is 5.41 Å². The Kier molecular flexibility index (Phi) is 3.88. The lowest BCUT2D eigenvalue weighted by Gasteiger charge is -1.97. The van der Waals surface area contributed by atoms with Crippen molar-refractivity contribution in [3.8, 4) is 0 Å². The van der Waals surface area contributed by atoms with Gasteiger partial charge >= 0.3 is 0 Å². The van der Waals surface area contributed by atoms with Crippen LogP contribution in [0.25, 0.3) is 0 Å². The second-order valence-corrected chi connectivity index (χ2v) is 1.27. The lowest BCUT2D eigenvalue weighted by atomic mass is 10.5. The number of nitrogens with one attached hydrogen (secondary N) is 2. The smallest absolute Gasteiger partial charge is 0.117 e. The van der Waals surface area contributed by atoms with Gasteiger partial charge in [-0.2, -0.15) is 0 Å². The number of hydrogen-bond acceptors (Lipinski definition) is 2. The van der Waals surface area contributed by atoms with E-state index in [2.05, 4.69) is 11.9 Å². The minimum Gasteiger partial charge on any atom is -0.395 e. The molecule has 3 heteroatoms. The van der Waals surface area contributed by atoms with Gasteiger partial charge in [-0.25, -0.2) is 0 Å². The third-order valence-electron chi connectivity index (χ3n) is 0.631. The Hall–Kier alpha value is -0.830. The highest BCUT2D eigenvalue weighted by molar-refractivity contribution is 5.89. The maximum Gasteiger partial charge on any atom is 0.117 e. The lowest BCUT2D eigenvalue weighted by Crippen LogP contribution is -2.23.